The summed E-state index contributed by atoms with van der Waals surface area (Å²) in [6.07, 6.45) is 3.60. The van der Waals surface area contributed by atoms with Crippen LogP contribution in [0.2, 0.25) is 0 Å². The lowest BCUT2D eigenvalue weighted by molar-refractivity contribution is 0.283. The molecule has 0 unspecified atom stereocenters. The Morgan fingerprint density at radius 3 is 2.61 bits per heavy atom. The van der Waals surface area contributed by atoms with Gasteiger partial charge in [0.2, 0.25) is 11.9 Å². The molecule has 0 aliphatic heterocycles. The standard InChI is InChI=1S/C12H23N5O/c1-9(2)8-10-15-11(13)17-12(16-10)14-6-4-3-5-7-18/h9,18H,3-8H2,1-2H3,(H3,13,14,15,16,17). The van der Waals surface area contributed by atoms with E-state index in [0.717, 1.165) is 38.1 Å². The predicted octanol–water partition coefficient (Wildman–Crippen LogP) is 1.23. The van der Waals surface area contributed by atoms with Crippen LogP contribution in [0.15, 0.2) is 0 Å². The Morgan fingerprint density at radius 1 is 1.17 bits per heavy atom. The zero-order valence-electron chi connectivity index (χ0n) is 11.2. The highest BCUT2D eigenvalue weighted by Gasteiger charge is 2.05. The Hall–Kier alpha value is -1.43. The number of nitrogen functional groups attached to an aromatic ring is 1. The first-order valence-electron chi connectivity index (χ1n) is 6.47. The summed E-state index contributed by atoms with van der Waals surface area (Å²) in [5.74, 6) is 2.03. The third-order valence-corrected chi connectivity index (χ3v) is 2.41. The van der Waals surface area contributed by atoms with Crippen LogP contribution in [-0.4, -0.2) is 33.2 Å². The van der Waals surface area contributed by atoms with Crippen molar-refractivity contribution >= 4 is 11.9 Å². The molecule has 6 heteroatoms. The molecule has 1 heterocycles. The van der Waals surface area contributed by atoms with Crippen LogP contribution in [0.5, 0.6) is 0 Å². The van der Waals surface area contributed by atoms with Crippen molar-refractivity contribution in [1.82, 2.24) is 15.0 Å². The summed E-state index contributed by atoms with van der Waals surface area (Å²) in [6, 6.07) is 0. The lowest BCUT2D eigenvalue weighted by atomic mass is 10.1. The van der Waals surface area contributed by atoms with Crippen molar-refractivity contribution in [3.8, 4) is 0 Å². The van der Waals surface area contributed by atoms with Crippen molar-refractivity contribution in [2.75, 3.05) is 24.2 Å². The lowest BCUT2D eigenvalue weighted by Crippen LogP contribution is -2.12. The van der Waals surface area contributed by atoms with Crippen LogP contribution in [0.3, 0.4) is 0 Å². The number of nitrogens with zero attached hydrogens (tertiary/aromatic N) is 3. The second kappa shape index (κ2) is 7.81. The quantitative estimate of drug-likeness (QED) is 0.603. The SMILES string of the molecule is CC(C)Cc1nc(N)nc(NCCCCCO)n1. The van der Waals surface area contributed by atoms with Gasteiger partial charge in [0.1, 0.15) is 5.82 Å². The van der Waals surface area contributed by atoms with E-state index in [1.807, 2.05) is 0 Å². The lowest BCUT2D eigenvalue weighted by Gasteiger charge is -2.08. The van der Waals surface area contributed by atoms with Crippen molar-refractivity contribution in [3.05, 3.63) is 5.82 Å². The van der Waals surface area contributed by atoms with Gasteiger partial charge in [0.25, 0.3) is 0 Å². The van der Waals surface area contributed by atoms with Crippen molar-refractivity contribution < 1.29 is 5.11 Å². The molecule has 1 rings (SSSR count). The molecule has 0 atom stereocenters. The normalized spacial score (nSPS) is 10.9. The number of hydrogen-bond donors (Lipinski definition) is 3. The number of nitrogens with two attached hydrogens (primary N) is 1. The third kappa shape index (κ3) is 5.77. The van der Waals surface area contributed by atoms with Crippen LogP contribution in [0.25, 0.3) is 0 Å². The van der Waals surface area contributed by atoms with Crippen molar-refractivity contribution in [2.24, 2.45) is 5.92 Å². The van der Waals surface area contributed by atoms with Gasteiger partial charge in [-0.2, -0.15) is 15.0 Å². The molecule has 0 bridgehead atoms. The maximum absolute atomic E-state index is 8.67. The second-order valence-corrected chi connectivity index (χ2v) is 4.74. The van der Waals surface area contributed by atoms with E-state index in [2.05, 4.69) is 34.1 Å². The van der Waals surface area contributed by atoms with Gasteiger partial charge in [0.15, 0.2) is 0 Å². The highest BCUT2D eigenvalue weighted by Crippen LogP contribution is 2.08. The minimum Gasteiger partial charge on any atom is -0.396 e. The van der Waals surface area contributed by atoms with Gasteiger partial charge in [-0.1, -0.05) is 13.8 Å². The summed E-state index contributed by atoms with van der Waals surface area (Å²) in [6.45, 7) is 5.26. The molecule has 0 radical (unpaired) electrons. The molecule has 0 saturated heterocycles. The van der Waals surface area contributed by atoms with Crippen LogP contribution < -0.4 is 11.1 Å². The monoisotopic (exact) mass is 253 g/mol. The number of aliphatic hydroxyl groups is 1. The summed E-state index contributed by atoms with van der Waals surface area (Å²) >= 11 is 0. The molecule has 0 aromatic carbocycles. The molecule has 0 spiro atoms. The number of rotatable bonds is 8. The molecule has 102 valence electrons. The molecule has 0 saturated carbocycles. The summed E-state index contributed by atoms with van der Waals surface area (Å²) in [4.78, 5) is 12.5. The maximum Gasteiger partial charge on any atom is 0.227 e. The predicted molar refractivity (Wildman–Crippen MR) is 72.2 cm³/mol. The molecule has 1 aromatic heterocycles. The molecule has 0 amide bonds. The topological polar surface area (TPSA) is 97.0 Å². The van der Waals surface area contributed by atoms with Crippen molar-refractivity contribution in [3.63, 3.8) is 0 Å². The molecule has 18 heavy (non-hydrogen) atoms. The van der Waals surface area contributed by atoms with E-state index in [0.29, 0.717) is 11.9 Å². The maximum atomic E-state index is 8.67. The number of aliphatic hydroxyl groups excluding tert-OH is 1. The fourth-order valence-corrected chi connectivity index (χ4v) is 1.59. The minimum atomic E-state index is 0.247. The average Bonchev–Trinajstić information content (AvgIpc) is 2.27. The van der Waals surface area contributed by atoms with Gasteiger partial charge in [-0.05, 0) is 25.2 Å². The van der Waals surface area contributed by atoms with E-state index in [1.54, 1.807) is 0 Å². The van der Waals surface area contributed by atoms with Crippen molar-refractivity contribution in [2.45, 2.75) is 39.5 Å². The number of anilines is 2. The molecular formula is C12H23N5O. The van der Waals surface area contributed by atoms with E-state index < -0.39 is 0 Å². The van der Waals surface area contributed by atoms with Gasteiger partial charge in [-0.15, -0.1) is 0 Å². The number of aromatic nitrogens is 3. The van der Waals surface area contributed by atoms with Crippen molar-refractivity contribution in [1.29, 1.82) is 0 Å². The fraction of sp³-hybridized carbons (Fsp3) is 0.750. The Bertz CT molecular complexity index is 356. The first-order chi connectivity index (χ1) is 8.61. The first kappa shape index (κ1) is 14.6. The minimum absolute atomic E-state index is 0.247. The second-order valence-electron chi connectivity index (χ2n) is 4.74. The molecule has 0 aliphatic carbocycles. The van der Waals surface area contributed by atoms with Gasteiger partial charge >= 0.3 is 0 Å². The molecule has 4 N–H and O–H groups in total. The summed E-state index contributed by atoms with van der Waals surface area (Å²) in [7, 11) is 0. The molecule has 0 aliphatic rings. The Morgan fingerprint density at radius 2 is 1.94 bits per heavy atom. The number of unbranched alkanes of at least 4 members (excludes halogenated alkanes) is 2. The van der Waals surface area contributed by atoms with Gasteiger partial charge in [0.05, 0.1) is 0 Å². The molecule has 1 aromatic rings. The molecular weight excluding hydrogens is 230 g/mol. The molecule has 6 nitrogen and oxygen atoms in total. The van der Waals surface area contributed by atoms with Crippen LogP contribution in [0.4, 0.5) is 11.9 Å². The third-order valence-electron chi connectivity index (χ3n) is 2.41. The largest absolute Gasteiger partial charge is 0.396 e. The van der Waals surface area contributed by atoms with Gasteiger partial charge in [0, 0.05) is 19.6 Å². The van der Waals surface area contributed by atoms with E-state index >= 15 is 0 Å². The van der Waals surface area contributed by atoms with E-state index in [4.69, 9.17) is 10.8 Å². The Balaban J connectivity index is 2.46. The highest BCUT2D eigenvalue weighted by atomic mass is 16.2. The average molecular weight is 253 g/mol. The summed E-state index contributed by atoms with van der Waals surface area (Å²) < 4.78 is 0. The molecule has 0 fully saturated rings. The van der Waals surface area contributed by atoms with Crippen LogP contribution in [0, 0.1) is 5.92 Å². The fourth-order valence-electron chi connectivity index (χ4n) is 1.59. The highest BCUT2D eigenvalue weighted by molar-refractivity contribution is 5.30. The van der Waals surface area contributed by atoms with E-state index in [1.165, 1.54) is 0 Å². The summed E-state index contributed by atoms with van der Waals surface area (Å²) in [5.41, 5.74) is 5.65. The van der Waals surface area contributed by atoms with Gasteiger partial charge in [-0.25, -0.2) is 0 Å². The zero-order chi connectivity index (χ0) is 13.4. The zero-order valence-corrected chi connectivity index (χ0v) is 11.2. The summed E-state index contributed by atoms with van der Waals surface area (Å²) in [5, 5.41) is 11.8. The smallest absolute Gasteiger partial charge is 0.227 e. The van der Waals surface area contributed by atoms with Crippen LogP contribution >= 0.6 is 0 Å². The Kier molecular flexibility index (Phi) is 6.35. The first-order valence-corrected chi connectivity index (χ1v) is 6.47. The van der Waals surface area contributed by atoms with Crippen LogP contribution in [-0.2, 0) is 6.42 Å². The van der Waals surface area contributed by atoms with E-state index in [-0.39, 0.29) is 12.6 Å². The van der Waals surface area contributed by atoms with E-state index in [9.17, 15) is 0 Å². The number of hydrogen-bond acceptors (Lipinski definition) is 6. The van der Waals surface area contributed by atoms with Crippen LogP contribution in [0.1, 0.15) is 38.9 Å². The Labute approximate surface area is 108 Å². The van der Waals surface area contributed by atoms with Gasteiger partial charge < -0.3 is 16.2 Å². The number of nitrogens with one attached hydrogen (secondary N) is 1. The van der Waals surface area contributed by atoms with Gasteiger partial charge in [-0.3, -0.25) is 0 Å².